The molecule has 2 unspecified atom stereocenters. The van der Waals surface area contributed by atoms with Crippen LogP contribution < -0.4 is 0 Å². The van der Waals surface area contributed by atoms with E-state index in [1.807, 2.05) is 13.8 Å². The van der Waals surface area contributed by atoms with Crippen molar-refractivity contribution in [1.29, 1.82) is 0 Å². The minimum absolute atomic E-state index is 0.0370. The summed E-state index contributed by atoms with van der Waals surface area (Å²) >= 11 is 0. The molecule has 10 atom stereocenters. The Labute approximate surface area is 321 Å². The third-order valence-corrected chi connectivity index (χ3v) is 14.5. The van der Waals surface area contributed by atoms with Gasteiger partial charge in [0, 0.05) is 24.2 Å². The Kier molecular flexibility index (Phi) is 15.5. The van der Waals surface area contributed by atoms with Gasteiger partial charge in [-0.15, -0.1) is 0 Å². The van der Waals surface area contributed by atoms with E-state index in [9.17, 15) is 35.1 Å². The van der Waals surface area contributed by atoms with Gasteiger partial charge in [0.1, 0.15) is 6.10 Å². The van der Waals surface area contributed by atoms with Crippen molar-refractivity contribution in [3.63, 3.8) is 0 Å². The van der Waals surface area contributed by atoms with Crippen LogP contribution in [-0.2, 0) is 14.3 Å². The van der Waals surface area contributed by atoms with Crippen molar-refractivity contribution in [2.24, 2.45) is 34.5 Å². The van der Waals surface area contributed by atoms with E-state index in [0.29, 0.717) is 38.5 Å². The number of carbonyl (C=O) groups is 2. The van der Waals surface area contributed by atoms with E-state index in [-0.39, 0.29) is 42.8 Å². The Morgan fingerprint density at radius 2 is 1.53 bits per heavy atom. The Balaban J connectivity index is 1.27. The van der Waals surface area contributed by atoms with Crippen molar-refractivity contribution in [3.8, 4) is 0 Å². The minimum atomic E-state index is -2.13. The molecule has 4 aliphatic rings. The van der Waals surface area contributed by atoms with Gasteiger partial charge in [-0.3, -0.25) is 9.59 Å². The Bertz CT molecular complexity index is 1270. The number of rotatable bonds is 21. The summed E-state index contributed by atoms with van der Waals surface area (Å²) in [4.78, 5) is 26.9. The number of carbonyl (C=O) groups excluding carboxylic acids is 2. The van der Waals surface area contributed by atoms with Crippen molar-refractivity contribution >= 4 is 11.8 Å². The van der Waals surface area contributed by atoms with Gasteiger partial charge in [-0.25, -0.2) is 0 Å². The van der Waals surface area contributed by atoms with Gasteiger partial charge >= 0.3 is 5.97 Å². The van der Waals surface area contributed by atoms with E-state index in [2.05, 4.69) is 26.0 Å². The number of ether oxygens (including phenoxy) is 1. The van der Waals surface area contributed by atoms with E-state index in [0.717, 1.165) is 44.1 Å². The highest BCUT2D eigenvalue weighted by Crippen LogP contribution is 2.68. The van der Waals surface area contributed by atoms with Crippen molar-refractivity contribution in [2.45, 2.75) is 212 Å². The molecular weight excluding hydrogens is 668 g/mol. The molecular formula is C45H76O8. The van der Waals surface area contributed by atoms with E-state index < -0.39 is 51.9 Å². The molecule has 0 amide bonds. The smallest absolute Gasteiger partial charge is 0.308 e. The number of unbranched alkanes of at least 4 members (excludes halogenated alkanes) is 11. The topological polar surface area (TPSA) is 145 Å². The first kappa shape index (κ1) is 44.1. The second-order valence-electron chi connectivity index (χ2n) is 18.9. The monoisotopic (exact) mass is 745 g/mol. The van der Waals surface area contributed by atoms with E-state index in [4.69, 9.17) is 4.74 Å². The number of hydrogen-bond donors (Lipinski definition) is 5. The van der Waals surface area contributed by atoms with Crippen molar-refractivity contribution in [2.75, 3.05) is 0 Å². The molecule has 0 aromatic heterocycles. The zero-order chi connectivity index (χ0) is 39.1. The Morgan fingerprint density at radius 1 is 0.925 bits per heavy atom. The quantitative estimate of drug-likeness (QED) is 0.0340. The molecule has 3 saturated carbocycles. The molecule has 8 nitrogen and oxygen atoms in total. The number of hydrogen-bond acceptors (Lipinski definition) is 8. The Morgan fingerprint density at radius 3 is 2.15 bits per heavy atom. The summed E-state index contributed by atoms with van der Waals surface area (Å²) in [5.41, 5.74) is -2.60. The summed E-state index contributed by atoms with van der Waals surface area (Å²) in [6, 6.07) is 0. The maximum absolute atomic E-state index is 13.9. The standard InChI is InChI=1S/C45H76O8/c1-7-8-9-10-11-12-13-14-15-16-17-18-19-20-21-22-40(49)53-45(52)30-36-38(47)29-35-34(42(36,5)31-39(45)48)23-27-43(6)33(24-28-44(35,43)51)32(2)37(46)25-26-41(3,4)50/h14-15,29,32-34,36-37,39,46,48,50-52H,7-13,16-28,30-31H2,1-6H3/b15-14-/t32?,33-,34?,36+,37-,39+,42-,43-,44-,45-/m1/s1. The molecule has 0 aliphatic heterocycles. The average Bonchev–Trinajstić information content (AvgIpc) is 3.37. The molecule has 0 heterocycles. The van der Waals surface area contributed by atoms with E-state index >= 15 is 0 Å². The average molecular weight is 745 g/mol. The largest absolute Gasteiger partial charge is 0.430 e. The SMILES string of the molecule is CCCCCCCC/C=C\CCCCCCCC(=O)O[C@]1(O)C[C@H]2C(=O)C=C3C(CC[C@]4(C)[C@@H](C(C)[C@H](O)CCC(C)(C)O)CC[C@@]34O)[C@@]2(C)C[C@@H]1O. The summed E-state index contributed by atoms with van der Waals surface area (Å²) in [7, 11) is 0. The molecule has 0 aromatic carbocycles. The fourth-order valence-corrected chi connectivity index (χ4v) is 11.0. The molecule has 5 N–H and O–H groups in total. The number of esters is 1. The lowest BCUT2D eigenvalue weighted by atomic mass is 9.45. The van der Waals surface area contributed by atoms with Gasteiger partial charge in [0.15, 0.2) is 5.78 Å². The molecule has 0 saturated heterocycles. The van der Waals surface area contributed by atoms with Crippen LogP contribution in [-0.4, -0.2) is 66.5 Å². The molecule has 0 radical (unpaired) electrons. The fraction of sp³-hybridized carbons (Fsp3) is 0.867. The maximum Gasteiger partial charge on any atom is 0.308 e. The molecule has 8 heteroatoms. The van der Waals surface area contributed by atoms with Crippen LogP contribution in [0.15, 0.2) is 23.8 Å². The van der Waals surface area contributed by atoms with Crippen LogP contribution in [0.5, 0.6) is 0 Å². The summed E-state index contributed by atoms with van der Waals surface area (Å²) in [6.45, 7) is 11.9. The normalized spacial score (nSPS) is 35.4. The molecule has 0 aromatic rings. The van der Waals surface area contributed by atoms with Gasteiger partial charge in [0.25, 0.3) is 0 Å². The number of fused-ring (bicyclic) bond motifs is 5. The fourth-order valence-electron chi connectivity index (χ4n) is 11.0. The Hall–Kier alpha value is -1.58. The zero-order valence-corrected chi connectivity index (χ0v) is 34.2. The van der Waals surface area contributed by atoms with Crippen LogP contribution >= 0.6 is 0 Å². The molecule has 3 fully saturated rings. The van der Waals surface area contributed by atoms with Gasteiger partial charge in [-0.05, 0) is 126 Å². The zero-order valence-electron chi connectivity index (χ0n) is 34.2. The lowest BCUT2D eigenvalue weighted by Crippen LogP contribution is -2.64. The summed E-state index contributed by atoms with van der Waals surface area (Å²) in [5.74, 6) is -3.74. The third-order valence-electron chi connectivity index (χ3n) is 14.5. The van der Waals surface area contributed by atoms with Crippen LogP contribution in [0.2, 0.25) is 0 Å². The summed E-state index contributed by atoms with van der Waals surface area (Å²) in [6.07, 6.45) is 23.0. The summed E-state index contributed by atoms with van der Waals surface area (Å²) in [5, 5.41) is 56.8. The predicted molar refractivity (Wildman–Crippen MR) is 210 cm³/mol. The van der Waals surface area contributed by atoms with Crippen molar-refractivity contribution in [1.82, 2.24) is 0 Å². The molecule has 4 aliphatic carbocycles. The second kappa shape index (κ2) is 18.6. The molecule has 0 spiro atoms. The van der Waals surface area contributed by atoms with E-state index in [1.165, 1.54) is 44.9 Å². The van der Waals surface area contributed by atoms with Crippen LogP contribution in [0.1, 0.15) is 183 Å². The highest BCUT2D eigenvalue weighted by Gasteiger charge is 2.68. The van der Waals surface area contributed by atoms with Crippen LogP contribution in [0.3, 0.4) is 0 Å². The number of ketones is 1. The van der Waals surface area contributed by atoms with Gasteiger partial charge < -0.3 is 30.3 Å². The number of allylic oxidation sites excluding steroid dienone is 3. The van der Waals surface area contributed by atoms with Crippen molar-refractivity contribution < 1.29 is 39.9 Å². The lowest BCUT2D eigenvalue weighted by Gasteiger charge is -2.61. The molecule has 53 heavy (non-hydrogen) atoms. The first-order valence-electron chi connectivity index (χ1n) is 21.6. The number of aliphatic hydroxyl groups excluding tert-OH is 2. The van der Waals surface area contributed by atoms with Gasteiger partial charge in [-0.1, -0.05) is 91.2 Å². The molecule has 4 rings (SSSR count). The number of aliphatic hydroxyl groups is 5. The van der Waals surface area contributed by atoms with Gasteiger partial charge in [-0.2, -0.15) is 0 Å². The second-order valence-corrected chi connectivity index (χ2v) is 18.9. The highest BCUT2D eigenvalue weighted by atomic mass is 16.7. The minimum Gasteiger partial charge on any atom is -0.430 e. The molecule has 304 valence electrons. The first-order chi connectivity index (χ1) is 24.9. The van der Waals surface area contributed by atoms with E-state index in [1.54, 1.807) is 19.9 Å². The van der Waals surface area contributed by atoms with Gasteiger partial charge in [0.05, 0.1) is 17.3 Å². The first-order valence-corrected chi connectivity index (χ1v) is 21.6. The third kappa shape index (κ3) is 10.2. The lowest BCUT2D eigenvalue weighted by molar-refractivity contribution is -0.283. The van der Waals surface area contributed by atoms with Crippen LogP contribution in [0, 0.1) is 34.5 Å². The highest BCUT2D eigenvalue weighted by molar-refractivity contribution is 5.95. The molecule has 0 bridgehead atoms. The predicted octanol–water partition coefficient (Wildman–Crippen LogP) is 8.65. The van der Waals surface area contributed by atoms with Crippen molar-refractivity contribution in [3.05, 3.63) is 23.8 Å². The van der Waals surface area contributed by atoms with Crippen LogP contribution in [0.4, 0.5) is 0 Å². The maximum atomic E-state index is 13.9. The summed E-state index contributed by atoms with van der Waals surface area (Å²) < 4.78 is 5.59. The van der Waals surface area contributed by atoms with Crippen LogP contribution in [0.25, 0.3) is 0 Å². The van der Waals surface area contributed by atoms with Gasteiger partial charge in [0.2, 0.25) is 5.79 Å².